The smallest absolute Gasteiger partial charge is 0.339 e. The first-order chi connectivity index (χ1) is 13.0. The first kappa shape index (κ1) is 19.2. The molecule has 6 heteroatoms. The van der Waals surface area contributed by atoms with Crippen molar-refractivity contribution in [1.29, 1.82) is 0 Å². The maximum Gasteiger partial charge on any atom is 0.339 e. The number of rotatable bonds is 6. The second kappa shape index (κ2) is 7.96. The van der Waals surface area contributed by atoms with Crippen molar-refractivity contribution in [1.82, 2.24) is 5.32 Å². The van der Waals surface area contributed by atoms with Crippen molar-refractivity contribution in [3.8, 4) is 0 Å². The Morgan fingerprint density at radius 2 is 1.93 bits per heavy atom. The Bertz CT molecular complexity index is 833. The minimum Gasteiger partial charge on any atom is -0.478 e. The molecule has 3 rings (SSSR count). The second-order valence-electron chi connectivity index (χ2n) is 7.00. The molecule has 0 saturated carbocycles. The Morgan fingerprint density at radius 3 is 2.52 bits per heavy atom. The number of amides is 1. The fourth-order valence-corrected chi connectivity index (χ4v) is 3.79. The number of hydrogen-bond donors (Lipinski definition) is 2. The molecule has 0 unspecified atom stereocenters. The lowest BCUT2D eigenvalue weighted by Crippen LogP contribution is -2.45. The van der Waals surface area contributed by atoms with Crippen LogP contribution in [0.3, 0.4) is 0 Å². The van der Waals surface area contributed by atoms with Gasteiger partial charge in [-0.15, -0.1) is 0 Å². The lowest BCUT2D eigenvalue weighted by Gasteiger charge is -2.38. The van der Waals surface area contributed by atoms with Gasteiger partial charge in [0.1, 0.15) is 11.3 Å². The van der Waals surface area contributed by atoms with Crippen LogP contribution in [0.4, 0.5) is 0 Å². The Morgan fingerprint density at radius 1 is 1.22 bits per heavy atom. The van der Waals surface area contributed by atoms with E-state index in [2.05, 4.69) is 24.4 Å². The summed E-state index contributed by atoms with van der Waals surface area (Å²) in [5.74, 6) is -1.13. The van der Waals surface area contributed by atoms with Gasteiger partial charge in [0.15, 0.2) is 5.76 Å². The van der Waals surface area contributed by atoms with Crippen LogP contribution in [0.5, 0.6) is 0 Å². The molecule has 6 nitrogen and oxygen atoms in total. The van der Waals surface area contributed by atoms with Gasteiger partial charge in [0.25, 0.3) is 5.91 Å². The normalized spacial score (nSPS) is 16.1. The molecule has 0 aliphatic carbocycles. The maximum absolute atomic E-state index is 12.6. The van der Waals surface area contributed by atoms with Crippen molar-refractivity contribution >= 4 is 11.9 Å². The van der Waals surface area contributed by atoms with Gasteiger partial charge in [-0.05, 0) is 30.9 Å². The highest BCUT2D eigenvalue weighted by Crippen LogP contribution is 2.36. The van der Waals surface area contributed by atoms with Gasteiger partial charge in [0.2, 0.25) is 0 Å². The van der Waals surface area contributed by atoms with E-state index in [1.807, 2.05) is 12.1 Å². The third-order valence-electron chi connectivity index (χ3n) is 5.34. The van der Waals surface area contributed by atoms with Crippen molar-refractivity contribution in [2.24, 2.45) is 0 Å². The van der Waals surface area contributed by atoms with E-state index in [0.29, 0.717) is 31.9 Å². The molecule has 1 aliphatic rings. The summed E-state index contributed by atoms with van der Waals surface area (Å²) >= 11 is 0. The molecule has 1 aromatic heterocycles. The van der Waals surface area contributed by atoms with E-state index in [9.17, 15) is 14.7 Å². The highest BCUT2D eigenvalue weighted by atomic mass is 16.5. The predicted octanol–water partition coefficient (Wildman–Crippen LogP) is 3.33. The average molecular weight is 371 g/mol. The number of aryl methyl sites for hydroxylation is 2. The predicted molar refractivity (Wildman–Crippen MR) is 100 cm³/mol. The number of carbonyl (C=O) groups excluding carboxylic acids is 1. The van der Waals surface area contributed by atoms with Crippen LogP contribution in [0, 0.1) is 6.92 Å². The molecule has 1 aromatic carbocycles. The minimum absolute atomic E-state index is 0.0382. The van der Waals surface area contributed by atoms with Crippen LogP contribution in [0.25, 0.3) is 0 Å². The number of nitrogens with one attached hydrogen (secondary N) is 1. The number of furan rings is 1. The Hall–Kier alpha value is -2.60. The van der Waals surface area contributed by atoms with Crippen LogP contribution in [0.2, 0.25) is 0 Å². The van der Waals surface area contributed by atoms with Gasteiger partial charge >= 0.3 is 5.97 Å². The molecule has 0 radical (unpaired) electrons. The number of aromatic carboxylic acids is 1. The zero-order valence-electron chi connectivity index (χ0n) is 15.7. The fraction of sp³-hybridized carbons (Fsp3) is 0.429. The third kappa shape index (κ3) is 3.90. The van der Waals surface area contributed by atoms with Crippen LogP contribution in [-0.2, 0) is 16.6 Å². The lowest BCUT2D eigenvalue weighted by molar-refractivity contribution is 0.0482. The summed E-state index contributed by atoms with van der Waals surface area (Å²) in [6.07, 6.45) is 2.05. The van der Waals surface area contributed by atoms with Crippen molar-refractivity contribution < 1.29 is 23.8 Å². The highest BCUT2D eigenvalue weighted by molar-refractivity contribution is 5.96. The monoisotopic (exact) mass is 371 g/mol. The first-order valence-electron chi connectivity index (χ1n) is 9.25. The molecule has 1 amide bonds. The molecule has 1 aliphatic heterocycles. The van der Waals surface area contributed by atoms with E-state index in [-0.39, 0.29) is 16.7 Å². The number of hydrogen-bond acceptors (Lipinski definition) is 4. The van der Waals surface area contributed by atoms with E-state index in [0.717, 1.165) is 12.8 Å². The van der Waals surface area contributed by atoms with Gasteiger partial charge in [0, 0.05) is 37.7 Å². The number of carboxylic acid groups (broad SMARTS) is 1. The molecular formula is C21H25NO5. The van der Waals surface area contributed by atoms with Crippen LogP contribution >= 0.6 is 0 Å². The van der Waals surface area contributed by atoms with Gasteiger partial charge in [-0.3, -0.25) is 4.79 Å². The highest BCUT2D eigenvalue weighted by Gasteiger charge is 2.36. The summed E-state index contributed by atoms with van der Waals surface area (Å²) in [7, 11) is 0. The molecule has 27 heavy (non-hydrogen) atoms. The molecule has 0 atom stereocenters. The molecular weight excluding hydrogens is 346 g/mol. The van der Waals surface area contributed by atoms with Gasteiger partial charge < -0.3 is 19.6 Å². The van der Waals surface area contributed by atoms with E-state index >= 15 is 0 Å². The number of ether oxygens (including phenoxy) is 1. The molecule has 2 N–H and O–H groups in total. The first-order valence-corrected chi connectivity index (χ1v) is 9.25. The SMILES string of the molecule is CCc1oc(C(=O)NCC2(c3ccccc3C)CCOCC2)cc1C(=O)O. The van der Waals surface area contributed by atoms with Gasteiger partial charge in [-0.1, -0.05) is 31.2 Å². The third-order valence-corrected chi connectivity index (χ3v) is 5.34. The standard InChI is InChI=1S/C21H25NO5/c1-3-17-15(20(24)25)12-18(27-17)19(23)22-13-21(8-10-26-11-9-21)16-7-5-4-6-14(16)2/h4-7,12H,3,8-11,13H2,1-2H3,(H,22,23)(H,24,25). The number of carboxylic acids is 1. The molecule has 0 bridgehead atoms. The Labute approximate surface area is 158 Å². The summed E-state index contributed by atoms with van der Waals surface area (Å²) in [4.78, 5) is 23.9. The molecule has 2 heterocycles. The molecule has 1 saturated heterocycles. The fourth-order valence-electron chi connectivity index (χ4n) is 3.79. The summed E-state index contributed by atoms with van der Waals surface area (Å²) < 4.78 is 11.0. The second-order valence-corrected chi connectivity index (χ2v) is 7.00. The molecule has 1 fully saturated rings. The van der Waals surface area contributed by atoms with Gasteiger partial charge in [0.05, 0.1) is 0 Å². The van der Waals surface area contributed by atoms with E-state index in [1.54, 1.807) is 6.92 Å². The summed E-state index contributed by atoms with van der Waals surface area (Å²) in [5, 5.41) is 12.2. The van der Waals surface area contributed by atoms with Gasteiger partial charge in [-0.25, -0.2) is 4.79 Å². The Balaban J connectivity index is 1.81. The van der Waals surface area contributed by atoms with E-state index in [4.69, 9.17) is 9.15 Å². The van der Waals surface area contributed by atoms with Crippen molar-refractivity contribution in [2.45, 2.75) is 38.5 Å². The summed E-state index contributed by atoms with van der Waals surface area (Å²) in [6.45, 7) is 5.61. The van der Waals surface area contributed by atoms with Crippen LogP contribution in [0.15, 0.2) is 34.7 Å². The lowest BCUT2D eigenvalue weighted by atomic mass is 9.72. The Kier molecular flexibility index (Phi) is 5.65. The maximum atomic E-state index is 12.6. The molecule has 2 aromatic rings. The average Bonchev–Trinajstić information content (AvgIpc) is 3.12. The minimum atomic E-state index is -1.09. The van der Waals surface area contributed by atoms with Crippen molar-refractivity contribution in [3.05, 3.63) is 58.5 Å². The van der Waals surface area contributed by atoms with Crippen LogP contribution in [-0.4, -0.2) is 36.7 Å². The molecule has 144 valence electrons. The topological polar surface area (TPSA) is 88.8 Å². The van der Waals surface area contributed by atoms with E-state index < -0.39 is 11.9 Å². The molecule has 0 spiro atoms. The van der Waals surface area contributed by atoms with Gasteiger partial charge in [-0.2, -0.15) is 0 Å². The largest absolute Gasteiger partial charge is 0.478 e. The van der Waals surface area contributed by atoms with Crippen LogP contribution < -0.4 is 5.32 Å². The summed E-state index contributed by atoms with van der Waals surface area (Å²) in [5.41, 5.74) is 2.25. The number of carbonyl (C=O) groups is 2. The van der Waals surface area contributed by atoms with Crippen molar-refractivity contribution in [2.75, 3.05) is 19.8 Å². The summed E-state index contributed by atoms with van der Waals surface area (Å²) in [6, 6.07) is 9.51. The zero-order chi connectivity index (χ0) is 19.4. The zero-order valence-corrected chi connectivity index (χ0v) is 15.7. The van der Waals surface area contributed by atoms with E-state index in [1.165, 1.54) is 17.2 Å². The van der Waals surface area contributed by atoms with Crippen molar-refractivity contribution in [3.63, 3.8) is 0 Å². The quantitative estimate of drug-likeness (QED) is 0.813. The van der Waals surface area contributed by atoms with Crippen LogP contribution in [0.1, 0.15) is 57.6 Å². The number of benzene rings is 1.